The zero-order chi connectivity index (χ0) is 16.4. The van der Waals surface area contributed by atoms with Crippen LogP contribution in [0.2, 0.25) is 0 Å². The monoisotopic (exact) mass is 427 g/mol. The van der Waals surface area contributed by atoms with Crippen molar-refractivity contribution in [1.82, 2.24) is 0 Å². The Hall–Kier alpha value is -0.696. The zero-order valence-electron chi connectivity index (χ0n) is 18.1. The maximum atomic E-state index is 5.01. The minimum absolute atomic E-state index is 0. The Labute approximate surface area is 192 Å². The molecule has 0 radical (unpaired) electrons. The Balaban J connectivity index is 0.000000980. The maximum absolute atomic E-state index is 5.01. The van der Waals surface area contributed by atoms with Crippen LogP contribution in [0.15, 0.2) is 47.4 Å². The molecular formula is C25H33NSTi. The molecule has 6 unspecified atom stereocenters. The van der Waals surface area contributed by atoms with Crippen molar-refractivity contribution in [3.63, 3.8) is 0 Å². The van der Waals surface area contributed by atoms with E-state index < -0.39 is 0 Å². The first-order chi connectivity index (χ1) is 11.6. The van der Waals surface area contributed by atoms with Gasteiger partial charge in [-0.05, 0) is 35.8 Å². The molecule has 0 spiro atoms. The predicted molar refractivity (Wildman–Crippen MR) is 122 cm³/mol. The largest absolute Gasteiger partial charge is 4.00 e. The summed E-state index contributed by atoms with van der Waals surface area (Å²) in [6.45, 7) is 7.18. The Morgan fingerprint density at radius 2 is 1.43 bits per heavy atom. The average molecular weight is 427 g/mol. The van der Waals surface area contributed by atoms with Crippen molar-refractivity contribution in [2.75, 3.05) is 0 Å². The number of hydrogen-bond acceptors (Lipinski definition) is 1. The molecule has 0 amide bonds. The van der Waals surface area contributed by atoms with Gasteiger partial charge in [0.1, 0.15) is 0 Å². The number of fused-ring (bicyclic) bond motifs is 4. The molecule has 2 aliphatic heterocycles. The summed E-state index contributed by atoms with van der Waals surface area (Å²) in [4.78, 5) is 1.51. The number of thioether (sulfide) groups is 1. The molecule has 2 aromatic rings. The SMILES string of the molecule is CC1Cc2cccc(C3C(C)C(C)C4c5ccccc5SC43)c2[N-]1.[CH3-].[CH3-].[CH3-].[Ti+4]. The second kappa shape index (κ2) is 9.41. The summed E-state index contributed by atoms with van der Waals surface area (Å²) in [6, 6.07) is 16.4. The van der Waals surface area contributed by atoms with Crippen LogP contribution in [0, 0.1) is 34.1 Å². The Bertz CT molecular complexity index is 805. The van der Waals surface area contributed by atoms with Gasteiger partial charge in [-0.25, -0.2) is 0 Å². The summed E-state index contributed by atoms with van der Waals surface area (Å²) in [5.74, 6) is 2.75. The molecule has 0 N–H and O–H groups in total. The first-order valence-electron chi connectivity index (χ1n) is 9.23. The van der Waals surface area contributed by atoms with E-state index in [-0.39, 0.29) is 44.0 Å². The average Bonchev–Trinajstić information content (AvgIpc) is 3.20. The van der Waals surface area contributed by atoms with E-state index >= 15 is 0 Å². The van der Waals surface area contributed by atoms with Gasteiger partial charge in [-0.3, -0.25) is 0 Å². The van der Waals surface area contributed by atoms with E-state index in [0.717, 1.165) is 12.3 Å². The molecule has 5 rings (SSSR count). The van der Waals surface area contributed by atoms with Crippen molar-refractivity contribution in [3.8, 4) is 0 Å². The molecular weight excluding hydrogens is 394 g/mol. The van der Waals surface area contributed by atoms with E-state index in [1.54, 1.807) is 5.56 Å². The normalized spacial score (nSPS) is 31.0. The fraction of sp³-hybridized carbons (Fsp3) is 0.400. The number of benzene rings is 2. The van der Waals surface area contributed by atoms with Crippen LogP contribution in [0.25, 0.3) is 5.32 Å². The summed E-state index contributed by atoms with van der Waals surface area (Å²) in [5, 5.41) is 5.68. The molecule has 1 nitrogen and oxygen atoms in total. The smallest absolute Gasteiger partial charge is 0.681 e. The van der Waals surface area contributed by atoms with Gasteiger partial charge in [0.25, 0.3) is 0 Å². The van der Waals surface area contributed by atoms with Gasteiger partial charge in [0, 0.05) is 16.1 Å². The number of hydrogen-bond donors (Lipinski definition) is 0. The van der Waals surface area contributed by atoms with E-state index in [1.165, 1.54) is 21.7 Å². The first-order valence-corrected chi connectivity index (χ1v) is 10.1. The van der Waals surface area contributed by atoms with Gasteiger partial charge < -0.3 is 27.6 Å². The summed E-state index contributed by atoms with van der Waals surface area (Å²) in [6.07, 6.45) is 1.11. The van der Waals surface area contributed by atoms with E-state index in [4.69, 9.17) is 5.32 Å². The fourth-order valence-electron chi connectivity index (χ4n) is 5.34. The van der Waals surface area contributed by atoms with Crippen LogP contribution in [-0.2, 0) is 28.1 Å². The topological polar surface area (TPSA) is 14.1 Å². The first kappa shape index (κ1) is 25.3. The van der Waals surface area contributed by atoms with Crippen LogP contribution in [0.4, 0.5) is 5.69 Å². The molecule has 0 bridgehead atoms. The maximum Gasteiger partial charge on any atom is 4.00 e. The molecule has 0 aromatic heterocycles. The molecule has 2 aromatic carbocycles. The molecule has 3 heteroatoms. The van der Waals surface area contributed by atoms with Crippen LogP contribution in [0.1, 0.15) is 49.3 Å². The van der Waals surface area contributed by atoms with Crippen molar-refractivity contribution >= 4 is 17.4 Å². The fourth-order valence-corrected chi connectivity index (χ4v) is 7.21. The zero-order valence-corrected chi connectivity index (χ0v) is 20.4. The minimum atomic E-state index is 0. The molecule has 6 atom stereocenters. The summed E-state index contributed by atoms with van der Waals surface area (Å²) in [7, 11) is 0. The molecule has 1 fully saturated rings. The second-order valence-electron chi connectivity index (χ2n) is 7.93. The van der Waals surface area contributed by atoms with Crippen LogP contribution < -0.4 is 0 Å². The van der Waals surface area contributed by atoms with Crippen molar-refractivity contribution in [3.05, 3.63) is 86.8 Å². The third kappa shape index (κ3) is 3.61. The number of para-hydroxylation sites is 1. The molecule has 28 heavy (non-hydrogen) atoms. The molecule has 3 aliphatic rings. The number of rotatable bonds is 1. The Kier molecular flexibility index (Phi) is 8.52. The standard InChI is InChI=1S/C22H24NS.3CH3.Ti/c1-12-11-15-7-6-9-17(21(15)23-12)20-14(3)13(2)19-16-8-4-5-10-18(16)24-22(19)20;;;;/h4-10,12-14,19-20,22H,11H2,1-3H3;3*1H3;/q4*-1;+4. The van der Waals surface area contributed by atoms with Gasteiger partial charge in [0.05, 0.1) is 0 Å². The number of nitrogens with zero attached hydrogens (tertiary/aromatic N) is 1. The Morgan fingerprint density at radius 3 is 2.14 bits per heavy atom. The predicted octanol–water partition coefficient (Wildman–Crippen LogP) is 7.61. The van der Waals surface area contributed by atoms with Gasteiger partial charge in [0.2, 0.25) is 0 Å². The molecule has 1 aliphatic carbocycles. The molecule has 1 saturated carbocycles. The molecule has 2 heterocycles. The summed E-state index contributed by atoms with van der Waals surface area (Å²) >= 11 is 2.12. The van der Waals surface area contributed by atoms with Gasteiger partial charge in [-0.2, -0.15) is 0 Å². The van der Waals surface area contributed by atoms with Crippen molar-refractivity contribution in [2.24, 2.45) is 11.8 Å². The van der Waals surface area contributed by atoms with Crippen LogP contribution in [0.5, 0.6) is 0 Å². The quantitative estimate of drug-likeness (QED) is 0.337. The van der Waals surface area contributed by atoms with E-state index in [2.05, 4.69) is 75.0 Å². The van der Waals surface area contributed by atoms with Crippen molar-refractivity contribution in [2.45, 2.75) is 55.2 Å². The van der Waals surface area contributed by atoms with E-state index in [1.807, 2.05) is 0 Å². The minimum Gasteiger partial charge on any atom is -0.681 e. The second-order valence-corrected chi connectivity index (χ2v) is 9.15. The summed E-state index contributed by atoms with van der Waals surface area (Å²) < 4.78 is 0. The summed E-state index contributed by atoms with van der Waals surface area (Å²) in [5.41, 5.74) is 5.89. The van der Waals surface area contributed by atoms with Gasteiger partial charge >= 0.3 is 21.7 Å². The third-order valence-electron chi connectivity index (χ3n) is 6.59. The van der Waals surface area contributed by atoms with Crippen LogP contribution >= 0.6 is 11.8 Å². The van der Waals surface area contributed by atoms with Gasteiger partial charge in [-0.1, -0.05) is 68.3 Å². The molecule has 148 valence electrons. The van der Waals surface area contributed by atoms with E-state index in [0.29, 0.717) is 29.0 Å². The van der Waals surface area contributed by atoms with Gasteiger partial charge in [-0.15, -0.1) is 23.5 Å². The molecule has 0 saturated heterocycles. The third-order valence-corrected chi connectivity index (χ3v) is 8.07. The van der Waals surface area contributed by atoms with E-state index in [9.17, 15) is 0 Å². The van der Waals surface area contributed by atoms with Crippen molar-refractivity contribution < 1.29 is 21.7 Å². The van der Waals surface area contributed by atoms with Gasteiger partial charge in [0.15, 0.2) is 0 Å². The van der Waals surface area contributed by atoms with Crippen LogP contribution in [-0.4, -0.2) is 11.3 Å². The Morgan fingerprint density at radius 1 is 0.821 bits per heavy atom. The van der Waals surface area contributed by atoms with Crippen molar-refractivity contribution in [1.29, 1.82) is 0 Å². The van der Waals surface area contributed by atoms with Crippen LogP contribution in [0.3, 0.4) is 0 Å².